The molecule has 0 bridgehead atoms. The first-order valence-corrected chi connectivity index (χ1v) is 11.0. The standard InChI is InChI=1S/C19H26BrN3O2S/c20-17-7-5-16(26-17)6-8-18(24)23-13-11-21(12-14-23)15-19(25)22-9-3-1-2-4-10-22/h5-8H,1-4,9-15H2/b8-6+. The third-order valence-electron chi connectivity index (χ3n) is 4.99. The lowest BCUT2D eigenvalue weighted by atomic mass is 10.2. The fourth-order valence-electron chi connectivity index (χ4n) is 3.41. The van der Waals surface area contributed by atoms with Gasteiger partial charge in [-0.25, -0.2) is 0 Å². The number of halogens is 1. The van der Waals surface area contributed by atoms with Crippen molar-refractivity contribution in [2.75, 3.05) is 45.8 Å². The summed E-state index contributed by atoms with van der Waals surface area (Å²) in [4.78, 5) is 31.9. The monoisotopic (exact) mass is 439 g/mol. The van der Waals surface area contributed by atoms with Gasteiger partial charge >= 0.3 is 0 Å². The number of thiophene rings is 1. The molecule has 3 heterocycles. The van der Waals surface area contributed by atoms with Gasteiger partial charge in [0.25, 0.3) is 0 Å². The molecule has 142 valence electrons. The lowest BCUT2D eigenvalue weighted by molar-refractivity contribution is -0.133. The number of hydrogen-bond acceptors (Lipinski definition) is 4. The van der Waals surface area contributed by atoms with Crippen LogP contribution in [0.5, 0.6) is 0 Å². The summed E-state index contributed by atoms with van der Waals surface area (Å²) in [5.74, 6) is 0.294. The van der Waals surface area contributed by atoms with Crippen LogP contribution in [0.3, 0.4) is 0 Å². The van der Waals surface area contributed by atoms with Crippen LogP contribution in [0, 0.1) is 0 Å². The van der Waals surface area contributed by atoms with E-state index in [9.17, 15) is 9.59 Å². The summed E-state index contributed by atoms with van der Waals surface area (Å²) < 4.78 is 1.06. The highest BCUT2D eigenvalue weighted by atomic mass is 79.9. The minimum absolute atomic E-state index is 0.0491. The molecule has 0 spiro atoms. The van der Waals surface area contributed by atoms with E-state index < -0.39 is 0 Å². The molecule has 0 aromatic carbocycles. The Hall–Kier alpha value is -1.18. The van der Waals surface area contributed by atoms with Crippen molar-refractivity contribution in [1.82, 2.24) is 14.7 Å². The number of rotatable bonds is 4. The second-order valence-corrected chi connectivity index (χ2v) is 9.37. The van der Waals surface area contributed by atoms with Gasteiger partial charge in [-0.1, -0.05) is 12.8 Å². The normalized spacial score (nSPS) is 19.7. The quantitative estimate of drug-likeness (QED) is 0.676. The van der Waals surface area contributed by atoms with Gasteiger partial charge in [-0.3, -0.25) is 14.5 Å². The summed E-state index contributed by atoms with van der Waals surface area (Å²) in [7, 11) is 0. The lowest BCUT2D eigenvalue weighted by Gasteiger charge is -2.34. The zero-order chi connectivity index (χ0) is 18.4. The predicted octanol–water partition coefficient (Wildman–Crippen LogP) is 3.07. The molecule has 2 saturated heterocycles. The van der Waals surface area contributed by atoms with E-state index in [-0.39, 0.29) is 11.8 Å². The highest BCUT2D eigenvalue weighted by molar-refractivity contribution is 9.11. The van der Waals surface area contributed by atoms with E-state index in [4.69, 9.17) is 0 Å². The molecule has 1 aromatic heterocycles. The smallest absolute Gasteiger partial charge is 0.246 e. The van der Waals surface area contributed by atoms with Gasteiger partial charge in [0.05, 0.1) is 10.3 Å². The van der Waals surface area contributed by atoms with Crippen molar-refractivity contribution in [1.29, 1.82) is 0 Å². The third-order valence-corrected chi connectivity index (χ3v) is 6.57. The number of carbonyl (C=O) groups is 2. The minimum Gasteiger partial charge on any atom is -0.342 e. The van der Waals surface area contributed by atoms with Crippen molar-refractivity contribution in [2.45, 2.75) is 25.7 Å². The van der Waals surface area contributed by atoms with Crippen LogP contribution in [-0.2, 0) is 9.59 Å². The molecule has 2 amide bonds. The molecule has 2 aliphatic rings. The van der Waals surface area contributed by atoms with E-state index in [1.54, 1.807) is 17.4 Å². The summed E-state index contributed by atoms with van der Waals surface area (Å²) >= 11 is 5.03. The molecule has 0 saturated carbocycles. The fraction of sp³-hybridized carbons (Fsp3) is 0.579. The Morgan fingerprint density at radius 1 is 0.962 bits per heavy atom. The molecule has 5 nitrogen and oxygen atoms in total. The summed E-state index contributed by atoms with van der Waals surface area (Å²) in [5, 5.41) is 0. The Morgan fingerprint density at radius 2 is 1.65 bits per heavy atom. The van der Waals surface area contributed by atoms with Crippen LogP contribution in [0.1, 0.15) is 30.6 Å². The molecule has 26 heavy (non-hydrogen) atoms. The number of likely N-dealkylation sites (tertiary alicyclic amines) is 1. The summed E-state index contributed by atoms with van der Waals surface area (Å²) in [6.45, 7) is 5.20. The Bertz CT molecular complexity index is 645. The van der Waals surface area contributed by atoms with Crippen LogP contribution >= 0.6 is 27.3 Å². The Balaban J connectivity index is 1.42. The number of amides is 2. The number of nitrogens with zero attached hydrogens (tertiary/aromatic N) is 3. The third kappa shape index (κ3) is 5.66. The van der Waals surface area contributed by atoms with Gasteiger partial charge < -0.3 is 9.80 Å². The van der Waals surface area contributed by atoms with Crippen molar-refractivity contribution in [3.63, 3.8) is 0 Å². The maximum Gasteiger partial charge on any atom is 0.246 e. The highest BCUT2D eigenvalue weighted by Gasteiger charge is 2.23. The van der Waals surface area contributed by atoms with E-state index >= 15 is 0 Å². The molecule has 2 fully saturated rings. The summed E-state index contributed by atoms with van der Waals surface area (Å²) in [5.41, 5.74) is 0. The van der Waals surface area contributed by atoms with Gasteiger partial charge in [0.15, 0.2) is 0 Å². The summed E-state index contributed by atoms with van der Waals surface area (Å²) in [6, 6.07) is 3.97. The first-order valence-electron chi connectivity index (χ1n) is 9.34. The SMILES string of the molecule is O=C(/C=C/c1ccc(Br)s1)N1CCN(CC(=O)N2CCCCCC2)CC1. The van der Waals surface area contributed by atoms with E-state index in [1.807, 2.05) is 28.0 Å². The van der Waals surface area contributed by atoms with Gasteiger partial charge in [0.2, 0.25) is 11.8 Å². The molecular formula is C19H26BrN3O2S. The van der Waals surface area contributed by atoms with Crippen LogP contribution in [0.15, 0.2) is 22.0 Å². The van der Waals surface area contributed by atoms with Crippen LogP contribution in [0.2, 0.25) is 0 Å². The molecule has 0 atom stereocenters. The maximum atomic E-state index is 12.5. The van der Waals surface area contributed by atoms with Crippen LogP contribution in [0.25, 0.3) is 6.08 Å². The zero-order valence-electron chi connectivity index (χ0n) is 15.0. The average molecular weight is 440 g/mol. The highest BCUT2D eigenvalue weighted by Crippen LogP contribution is 2.23. The molecule has 0 radical (unpaired) electrons. The number of piperazine rings is 1. The molecule has 7 heteroatoms. The zero-order valence-corrected chi connectivity index (χ0v) is 17.4. The molecule has 0 unspecified atom stereocenters. The topological polar surface area (TPSA) is 43.9 Å². The van der Waals surface area contributed by atoms with Crippen molar-refractivity contribution in [3.05, 3.63) is 26.9 Å². The fourth-order valence-corrected chi connectivity index (χ4v) is 4.74. The Morgan fingerprint density at radius 3 is 2.27 bits per heavy atom. The van der Waals surface area contributed by atoms with E-state index in [0.29, 0.717) is 19.6 Å². The average Bonchev–Trinajstić information content (AvgIpc) is 2.89. The number of hydrogen-bond donors (Lipinski definition) is 0. The first-order chi connectivity index (χ1) is 12.6. The first kappa shape index (κ1) is 19.6. The van der Waals surface area contributed by atoms with Gasteiger partial charge in [0.1, 0.15) is 0 Å². The molecular weight excluding hydrogens is 414 g/mol. The minimum atomic E-state index is 0.0491. The van der Waals surface area contributed by atoms with E-state index in [2.05, 4.69) is 20.8 Å². The van der Waals surface area contributed by atoms with Gasteiger partial charge in [-0.15, -0.1) is 11.3 Å². The lowest BCUT2D eigenvalue weighted by Crippen LogP contribution is -2.51. The molecule has 1 aromatic rings. The molecule has 0 aliphatic carbocycles. The largest absolute Gasteiger partial charge is 0.342 e. The maximum absolute atomic E-state index is 12.5. The van der Waals surface area contributed by atoms with Crippen molar-refractivity contribution in [2.24, 2.45) is 0 Å². The van der Waals surface area contributed by atoms with Crippen molar-refractivity contribution in [3.8, 4) is 0 Å². The second-order valence-electron chi connectivity index (χ2n) is 6.87. The van der Waals surface area contributed by atoms with Crippen molar-refractivity contribution < 1.29 is 9.59 Å². The van der Waals surface area contributed by atoms with Gasteiger partial charge in [-0.05, 0) is 47.0 Å². The van der Waals surface area contributed by atoms with Crippen LogP contribution in [0.4, 0.5) is 0 Å². The molecule has 0 N–H and O–H groups in total. The van der Waals surface area contributed by atoms with E-state index in [0.717, 1.165) is 47.7 Å². The van der Waals surface area contributed by atoms with Gasteiger partial charge in [-0.2, -0.15) is 0 Å². The Labute approximate surface area is 167 Å². The Kier molecular flexibility index (Phi) is 7.28. The van der Waals surface area contributed by atoms with Crippen LogP contribution < -0.4 is 0 Å². The van der Waals surface area contributed by atoms with E-state index in [1.165, 1.54) is 12.8 Å². The van der Waals surface area contributed by atoms with Gasteiger partial charge in [0, 0.05) is 50.2 Å². The van der Waals surface area contributed by atoms with Crippen molar-refractivity contribution >= 4 is 45.2 Å². The number of carbonyl (C=O) groups excluding carboxylic acids is 2. The summed E-state index contributed by atoms with van der Waals surface area (Å²) in [6.07, 6.45) is 8.24. The van der Waals surface area contributed by atoms with Crippen LogP contribution in [-0.4, -0.2) is 72.3 Å². The predicted molar refractivity (Wildman–Crippen MR) is 109 cm³/mol. The molecule has 3 rings (SSSR count). The molecule has 2 aliphatic heterocycles. The second kappa shape index (κ2) is 9.67.